The number of nitrogens with one attached hydrogen (secondary N) is 3. The first-order valence-corrected chi connectivity index (χ1v) is 12.3. The largest absolute Gasteiger partial charge is 0.416 e. The monoisotopic (exact) mass is 507 g/mol. The molecule has 3 amide bonds. The summed E-state index contributed by atoms with van der Waals surface area (Å²) in [6, 6.07) is 3.40. The van der Waals surface area contributed by atoms with Gasteiger partial charge in [-0.25, -0.2) is 14.8 Å². The van der Waals surface area contributed by atoms with Gasteiger partial charge in [-0.05, 0) is 56.2 Å². The van der Waals surface area contributed by atoms with Crippen LogP contribution in [0.15, 0.2) is 24.5 Å². The lowest BCUT2D eigenvalue weighted by atomic mass is 9.79. The van der Waals surface area contributed by atoms with Crippen molar-refractivity contribution in [2.45, 2.75) is 63.3 Å². The standard InChI is InChI=1S/C24H32F3N7O2/c1-2-19(33-23(28)36)14-3-6-17(7-4-14)34-11-16(12-34)32-21(35)10-29-22-18-9-15(24(25,26)27)5-8-20(18)30-13-31-22/h5,8-9,13-14,16-17,19H,2-4,6-7,10-12H2,1H3,(H,32,35)(H3,28,33,36)(H,29,30,31)/t14-,17-,19-/m0/s1. The van der Waals surface area contributed by atoms with Gasteiger partial charge in [-0.2, -0.15) is 13.2 Å². The van der Waals surface area contributed by atoms with Crippen molar-refractivity contribution in [1.29, 1.82) is 0 Å². The molecule has 0 radical (unpaired) electrons. The molecule has 4 rings (SSSR count). The highest BCUT2D eigenvalue weighted by molar-refractivity contribution is 5.91. The lowest BCUT2D eigenvalue weighted by molar-refractivity contribution is -0.137. The second-order valence-corrected chi connectivity index (χ2v) is 9.62. The highest BCUT2D eigenvalue weighted by Crippen LogP contribution is 2.33. The quantitative estimate of drug-likeness (QED) is 0.436. The molecule has 9 nitrogen and oxygen atoms in total. The molecule has 36 heavy (non-hydrogen) atoms. The van der Waals surface area contributed by atoms with Crippen molar-refractivity contribution in [2.75, 3.05) is 25.0 Å². The smallest absolute Gasteiger partial charge is 0.360 e. The molecule has 1 saturated heterocycles. The zero-order valence-corrected chi connectivity index (χ0v) is 20.1. The summed E-state index contributed by atoms with van der Waals surface area (Å²) in [7, 11) is 0. The Morgan fingerprint density at radius 1 is 1.17 bits per heavy atom. The minimum Gasteiger partial charge on any atom is -0.360 e. The molecular formula is C24H32F3N7O2. The number of benzene rings is 1. The highest BCUT2D eigenvalue weighted by atomic mass is 19.4. The van der Waals surface area contributed by atoms with E-state index in [4.69, 9.17) is 5.73 Å². The van der Waals surface area contributed by atoms with Crippen LogP contribution in [-0.2, 0) is 11.0 Å². The molecule has 196 valence electrons. The third kappa shape index (κ3) is 6.15. The van der Waals surface area contributed by atoms with E-state index in [1.165, 1.54) is 12.4 Å². The first-order valence-electron chi connectivity index (χ1n) is 12.3. The Kier molecular flexibility index (Phi) is 7.82. The summed E-state index contributed by atoms with van der Waals surface area (Å²) in [5.74, 6) is 0.376. The van der Waals surface area contributed by atoms with Gasteiger partial charge >= 0.3 is 12.2 Å². The molecule has 2 aromatic rings. The van der Waals surface area contributed by atoms with Gasteiger partial charge in [-0.3, -0.25) is 9.69 Å². The number of amides is 3. The summed E-state index contributed by atoms with van der Waals surface area (Å²) in [5.41, 5.74) is 4.86. The molecule has 5 N–H and O–H groups in total. The van der Waals surface area contributed by atoms with Gasteiger partial charge in [-0.15, -0.1) is 0 Å². The van der Waals surface area contributed by atoms with Gasteiger partial charge < -0.3 is 21.7 Å². The third-order valence-electron chi connectivity index (χ3n) is 7.25. The summed E-state index contributed by atoms with van der Waals surface area (Å²) >= 11 is 0. The van der Waals surface area contributed by atoms with Crippen LogP contribution in [0.3, 0.4) is 0 Å². The fourth-order valence-corrected chi connectivity index (χ4v) is 5.32. The van der Waals surface area contributed by atoms with Crippen molar-refractivity contribution in [1.82, 2.24) is 25.5 Å². The van der Waals surface area contributed by atoms with Gasteiger partial charge in [0.15, 0.2) is 0 Å². The maximum Gasteiger partial charge on any atom is 0.416 e. The topological polar surface area (TPSA) is 125 Å². The van der Waals surface area contributed by atoms with Gasteiger partial charge in [0.25, 0.3) is 0 Å². The molecule has 2 heterocycles. The van der Waals surface area contributed by atoms with E-state index in [-0.39, 0.29) is 35.7 Å². The summed E-state index contributed by atoms with van der Waals surface area (Å²) < 4.78 is 39.3. The first kappa shape index (κ1) is 25.9. The number of alkyl halides is 3. The van der Waals surface area contributed by atoms with Crippen molar-refractivity contribution in [3.05, 3.63) is 30.1 Å². The van der Waals surface area contributed by atoms with E-state index >= 15 is 0 Å². The Morgan fingerprint density at radius 3 is 2.53 bits per heavy atom. The molecule has 12 heteroatoms. The molecule has 1 atom stereocenters. The van der Waals surface area contributed by atoms with Gasteiger partial charge in [-0.1, -0.05) is 6.92 Å². The number of aromatic nitrogens is 2. The average Bonchev–Trinajstić information content (AvgIpc) is 2.82. The van der Waals surface area contributed by atoms with E-state index in [9.17, 15) is 22.8 Å². The van der Waals surface area contributed by atoms with Crippen LogP contribution in [0.5, 0.6) is 0 Å². The molecule has 1 aliphatic heterocycles. The van der Waals surface area contributed by atoms with E-state index in [2.05, 4.69) is 37.7 Å². The number of likely N-dealkylation sites (tertiary alicyclic amines) is 1. The van der Waals surface area contributed by atoms with Crippen LogP contribution in [0.25, 0.3) is 10.9 Å². The predicted molar refractivity (Wildman–Crippen MR) is 129 cm³/mol. The van der Waals surface area contributed by atoms with Crippen molar-refractivity contribution < 1.29 is 22.8 Å². The fourth-order valence-electron chi connectivity index (χ4n) is 5.32. The zero-order chi connectivity index (χ0) is 25.9. The summed E-state index contributed by atoms with van der Waals surface area (Å²) in [6.45, 7) is 3.49. The maximum absolute atomic E-state index is 13.1. The molecule has 2 fully saturated rings. The molecular weight excluding hydrogens is 475 g/mol. The van der Waals surface area contributed by atoms with E-state index in [0.717, 1.165) is 57.3 Å². The van der Waals surface area contributed by atoms with Crippen LogP contribution < -0.4 is 21.7 Å². The van der Waals surface area contributed by atoms with Crippen LogP contribution in [0.4, 0.5) is 23.8 Å². The number of carbonyl (C=O) groups is 2. The van der Waals surface area contributed by atoms with E-state index < -0.39 is 17.8 Å². The van der Waals surface area contributed by atoms with Gasteiger partial charge in [0.05, 0.1) is 23.7 Å². The number of urea groups is 1. The van der Waals surface area contributed by atoms with Crippen LogP contribution in [0.2, 0.25) is 0 Å². The zero-order valence-electron chi connectivity index (χ0n) is 20.1. The van der Waals surface area contributed by atoms with Gasteiger partial charge in [0, 0.05) is 30.6 Å². The lowest BCUT2D eigenvalue weighted by Crippen LogP contribution is -2.63. The Balaban J connectivity index is 1.22. The van der Waals surface area contributed by atoms with E-state index in [0.29, 0.717) is 17.5 Å². The lowest BCUT2D eigenvalue weighted by Gasteiger charge is -2.47. The number of halogens is 3. The van der Waals surface area contributed by atoms with Crippen molar-refractivity contribution in [3.63, 3.8) is 0 Å². The SMILES string of the molecule is CC[C@H](NC(N)=O)[C@H]1CC[C@H](N2CC(NC(=O)CNc3ncnc4ccc(C(F)(F)F)cc34)C2)CC1. The Morgan fingerprint density at radius 2 is 1.89 bits per heavy atom. The number of carbonyl (C=O) groups excluding carboxylic acids is 2. The van der Waals surface area contributed by atoms with Crippen LogP contribution in [-0.4, -0.2) is 64.6 Å². The molecule has 1 aromatic heterocycles. The number of primary amides is 1. The molecule has 0 bridgehead atoms. The molecule has 0 spiro atoms. The molecule has 2 aliphatic rings. The number of nitrogens with two attached hydrogens (primary N) is 1. The molecule has 0 unspecified atom stereocenters. The van der Waals surface area contributed by atoms with Crippen LogP contribution >= 0.6 is 0 Å². The second-order valence-electron chi connectivity index (χ2n) is 9.62. The third-order valence-corrected chi connectivity index (χ3v) is 7.25. The number of rotatable bonds is 8. The predicted octanol–water partition coefficient (Wildman–Crippen LogP) is 2.87. The van der Waals surface area contributed by atoms with Gasteiger partial charge in [0.1, 0.15) is 12.1 Å². The fraction of sp³-hybridized carbons (Fsp3) is 0.583. The van der Waals surface area contributed by atoms with Crippen molar-refractivity contribution in [3.8, 4) is 0 Å². The van der Waals surface area contributed by atoms with E-state index in [1.54, 1.807) is 0 Å². The molecule has 1 aliphatic carbocycles. The number of nitrogens with zero attached hydrogens (tertiary/aromatic N) is 3. The van der Waals surface area contributed by atoms with Crippen molar-refractivity contribution >= 4 is 28.7 Å². The maximum atomic E-state index is 13.1. The Bertz CT molecular complexity index is 1080. The summed E-state index contributed by atoms with van der Waals surface area (Å²) in [6.07, 6.45) is 1.79. The first-order chi connectivity index (χ1) is 17.1. The number of fused-ring (bicyclic) bond motifs is 1. The van der Waals surface area contributed by atoms with E-state index in [1.807, 2.05) is 0 Å². The molecule has 1 saturated carbocycles. The number of anilines is 1. The van der Waals surface area contributed by atoms with Crippen LogP contribution in [0, 0.1) is 5.92 Å². The van der Waals surface area contributed by atoms with Crippen LogP contribution in [0.1, 0.15) is 44.6 Å². The number of hydrogen-bond acceptors (Lipinski definition) is 6. The average molecular weight is 508 g/mol. The van der Waals surface area contributed by atoms with Gasteiger partial charge in [0.2, 0.25) is 5.91 Å². The summed E-state index contributed by atoms with van der Waals surface area (Å²) in [4.78, 5) is 34.0. The minimum absolute atomic E-state index is 0.0379. The summed E-state index contributed by atoms with van der Waals surface area (Å²) in [5, 5.41) is 8.88. The normalized spacial score (nSPS) is 22.0. The Labute approximate surface area is 207 Å². The second kappa shape index (κ2) is 10.9. The minimum atomic E-state index is -4.48. The van der Waals surface area contributed by atoms with Crippen molar-refractivity contribution in [2.24, 2.45) is 11.7 Å². The Hall–Kier alpha value is -3.15. The molecule has 1 aromatic carbocycles. The number of hydrogen-bond donors (Lipinski definition) is 4. The highest BCUT2D eigenvalue weighted by Gasteiger charge is 2.36.